The smallest absolute Gasteiger partial charge is 0.291 e. The van der Waals surface area contributed by atoms with Crippen LogP contribution in [0.4, 0.5) is 13.9 Å². The Kier molecular flexibility index (Phi) is 4.43. The molecule has 0 aliphatic rings. The summed E-state index contributed by atoms with van der Waals surface area (Å²) in [7, 11) is 0. The maximum atomic E-state index is 12.3. The molecule has 0 saturated heterocycles. The van der Waals surface area contributed by atoms with Crippen LogP contribution in [-0.4, -0.2) is 16.1 Å². The van der Waals surface area contributed by atoms with Gasteiger partial charge < -0.3 is 0 Å². The quantitative estimate of drug-likeness (QED) is 0.886. The van der Waals surface area contributed by atoms with Crippen molar-refractivity contribution in [1.29, 1.82) is 0 Å². The SMILES string of the molecule is O=C(Nc1nnc(C(F)F)s1)c1cc(Br)ccc1Cl. The topological polar surface area (TPSA) is 54.9 Å². The van der Waals surface area contributed by atoms with Crippen molar-refractivity contribution >= 4 is 49.9 Å². The Bertz CT molecular complexity index is 623. The zero-order valence-electron chi connectivity index (χ0n) is 9.03. The van der Waals surface area contributed by atoms with Gasteiger partial charge in [0, 0.05) is 4.47 Å². The van der Waals surface area contributed by atoms with Crippen LogP contribution in [0.1, 0.15) is 21.8 Å². The summed E-state index contributed by atoms with van der Waals surface area (Å²) in [5.74, 6) is -0.539. The monoisotopic (exact) mass is 367 g/mol. The predicted octanol–water partition coefficient (Wildman–Crippen LogP) is 4.14. The van der Waals surface area contributed by atoms with Crippen molar-refractivity contribution in [2.45, 2.75) is 6.43 Å². The number of hydrogen-bond donors (Lipinski definition) is 1. The third kappa shape index (κ3) is 3.46. The Morgan fingerprint density at radius 1 is 1.42 bits per heavy atom. The first-order valence-corrected chi connectivity index (χ1v) is 6.84. The van der Waals surface area contributed by atoms with Gasteiger partial charge in [0.05, 0.1) is 10.6 Å². The number of aromatic nitrogens is 2. The summed E-state index contributed by atoms with van der Waals surface area (Å²) in [5.41, 5.74) is 0.213. The summed E-state index contributed by atoms with van der Waals surface area (Å²) in [5, 5.41) is 8.89. The highest BCUT2D eigenvalue weighted by atomic mass is 79.9. The number of anilines is 1. The summed E-state index contributed by atoms with van der Waals surface area (Å²) < 4.78 is 25.3. The molecule has 1 aromatic heterocycles. The fraction of sp³-hybridized carbons (Fsp3) is 0.100. The van der Waals surface area contributed by atoms with Crippen LogP contribution in [0.25, 0.3) is 0 Å². The minimum atomic E-state index is -2.71. The van der Waals surface area contributed by atoms with Crippen LogP contribution in [0.3, 0.4) is 0 Å². The van der Waals surface area contributed by atoms with Gasteiger partial charge in [0.15, 0.2) is 5.01 Å². The van der Waals surface area contributed by atoms with E-state index in [9.17, 15) is 13.6 Å². The van der Waals surface area contributed by atoms with E-state index >= 15 is 0 Å². The fourth-order valence-electron chi connectivity index (χ4n) is 1.21. The zero-order chi connectivity index (χ0) is 14.0. The molecule has 1 heterocycles. The molecule has 0 fully saturated rings. The average molecular weight is 369 g/mol. The summed E-state index contributed by atoms with van der Waals surface area (Å²) in [6.45, 7) is 0. The summed E-state index contributed by atoms with van der Waals surface area (Å²) in [4.78, 5) is 11.9. The number of halogens is 4. The Hall–Kier alpha value is -1.12. The Labute approximate surface area is 123 Å². The lowest BCUT2D eigenvalue weighted by atomic mass is 10.2. The van der Waals surface area contributed by atoms with Gasteiger partial charge in [-0.2, -0.15) is 0 Å². The van der Waals surface area contributed by atoms with E-state index in [0.717, 1.165) is 0 Å². The normalized spacial score (nSPS) is 10.8. The molecule has 0 radical (unpaired) electrons. The van der Waals surface area contributed by atoms with E-state index in [1.165, 1.54) is 6.07 Å². The van der Waals surface area contributed by atoms with Crippen LogP contribution in [0, 0.1) is 0 Å². The third-order valence-corrected chi connectivity index (χ3v) is 3.69. The van der Waals surface area contributed by atoms with Crippen molar-refractivity contribution in [1.82, 2.24) is 10.2 Å². The first kappa shape index (κ1) is 14.3. The molecule has 1 N–H and O–H groups in total. The van der Waals surface area contributed by atoms with Crippen LogP contribution in [-0.2, 0) is 0 Å². The van der Waals surface area contributed by atoms with Gasteiger partial charge in [0.1, 0.15) is 0 Å². The van der Waals surface area contributed by atoms with Gasteiger partial charge in [0.25, 0.3) is 12.3 Å². The number of benzene rings is 1. The number of rotatable bonds is 3. The molecular formula is C10H5BrClF2N3OS. The second-order valence-electron chi connectivity index (χ2n) is 3.32. The first-order chi connectivity index (χ1) is 8.97. The number of carbonyl (C=O) groups is 1. The predicted molar refractivity (Wildman–Crippen MR) is 72.0 cm³/mol. The highest BCUT2D eigenvalue weighted by molar-refractivity contribution is 9.10. The van der Waals surface area contributed by atoms with Crippen molar-refractivity contribution in [2.75, 3.05) is 5.32 Å². The van der Waals surface area contributed by atoms with E-state index in [1.807, 2.05) is 0 Å². The van der Waals surface area contributed by atoms with Crippen LogP contribution in [0.15, 0.2) is 22.7 Å². The number of nitrogens with zero attached hydrogens (tertiary/aromatic N) is 2. The van der Waals surface area contributed by atoms with E-state index in [2.05, 4.69) is 31.4 Å². The molecule has 0 atom stereocenters. The molecule has 0 saturated carbocycles. The average Bonchev–Trinajstić information content (AvgIpc) is 2.80. The van der Waals surface area contributed by atoms with Crippen molar-refractivity contribution < 1.29 is 13.6 Å². The number of nitrogens with one attached hydrogen (secondary N) is 1. The molecule has 0 spiro atoms. The molecule has 0 aliphatic heterocycles. The maximum Gasteiger partial charge on any atom is 0.291 e. The molecule has 100 valence electrons. The zero-order valence-corrected chi connectivity index (χ0v) is 12.2. The molecule has 1 aromatic carbocycles. The fourth-order valence-corrected chi connectivity index (χ4v) is 2.37. The largest absolute Gasteiger partial charge is 0.296 e. The Balaban J connectivity index is 2.18. The lowest BCUT2D eigenvalue weighted by Crippen LogP contribution is -2.12. The van der Waals surface area contributed by atoms with Gasteiger partial charge in [-0.25, -0.2) is 8.78 Å². The van der Waals surface area contributed by atoms with Gasteiger partial charge >= 0.3 is 0 Å². The molecule has 1 amide bonds. The van der Waals surface area contributed by atoms with Gasteiger partial charge in [-0.15, -0.1) is 10.2 Å². The second kappa shape index (κ2) is 5.89. The second-order valence-corrected chi connectivity index (χ2v) is 5.66. The minimum Gasteiger partial charge on any atom is -0.296 e. The van der Waals surface area contributed by atoms with Crippen LogP contribution >= 0.6 is 38.9 Å². The maximum absolute atomic E-state index is 12.3. The molecule has 4 nitrogen and oxygen atoms in total. The van der Waals surface area contributed by atoms with Crippen molar-refractivity contribution in [3.05, 3.63) is 38.3 Å². The number of carbonyl (C=O) groups excluding carboxylic acids is 1. The van der Waals surface area contributed by atoms with Crippen molar-refractivity contribution in [3.8, 4) is 0 Å². The lowest BCUT2D eigenvalue weighted by Gasteiger charge is -2.04. The van der Waals surface area contributed by atoms with Gasteiger partial charge in [-0.3, -0.25) is 10.1 Å². The van der Waals surface area contributed by atoms with Gasteiger partial charge in [-0.05, 0) is 18.2 Å². The van der Waals surface area contributed by atoms with E-state index in [4.69, 9.17) is 11.6 Å². The standard InChI is InChI=1S/C10H5BrClF2N3OS/c11-4-1-2-6(12)5(3-4)8(18)15-10-17-16-9(19-10)7(13)14/h1-3,7H,(H,15,17,18). The highest BCUT2D eigenvalue weighted by Gasteiger charge is 2.17. The molecule has 9 heteroatoms. The molecule has 19 heavy (non-hydrogen) atoms. The van der Waals surface area contributed by atoms with Crippen molar-refractivity contribution in [3.63, 3.8) is 0 Å². The molecule has 2 rings (SSSR count). The molecule has 0 unspecified atom stereocenters. The number of hydrogen-bond acceptors (Lipinski definition) is 4. The van der Waals surface area contributed by atoms with E-state index in [1.54, 1.807) is 12.1 Å². The van der Waals surface area contributed by atoms with Crippen molar-refractivity contribution in [2.24, 2.45) is 0 Å². The minimum absolute atomic E-state index is 0.00339. The Morgan fingerprint density at radius 3 is 2.79 bits per heavy atom. The van der Waals surface area contributed by atoms with Crippen LogP contribution in [0.5, 0.6) is 0 Å². The van der Waals surface area contributed by atoms with Crippen LogP contribution in [0.2, 0.25) is 5.02 Å². The lowest BCUT2D eigenvalue weighted by molar-refractivity contribution is 0.102. The molecule has 0 aliphatic carbocycles. The highest BCUT2D eigenvalue weighted by Crippen LogP contribution is 2.26. The number of amides is 1. The van der Waals surface area contributed by atoms with Gasteiger partial charge in [0.2, 0.25) is 5.13 Å². The molecular weight excluding hydrogens is 364 g/mol. The third-order valence-electron chi connectivity index (χ3n) is 2.02. The van der Waals surface area contributed by atoms with E-state index < -0.39 is 17.3 Å². The summed E-state index contributed by atoms with van der Waals surface area (Å²) >= 11 is 9.70. The van der Waals surface area contributed by atoms with E-state index in [0.29, 0.717) is 15.8 Å². The van der Waals surface area contributed by atoms with E-state index in [-0.39, 0.29) is 15.7 Å². The number of alkyl halides is 2. The molecule has 0 bridgehead atoms. The molecule has 2 aromatic rings. The van der Waals surface area contributed by atoms with Gasteiger partial charge in [-0.1, -0.05) is 38.9 Å². The summed E-state index contributed by atoms with van der Waals surface area (Å²) in [6, 6.07) is 4.75. The van der Waals surface area contributed by atoms with Crippen LogP contribution < -0.4 is 5.32 Å². The Morgan fingerprint density at radius 2 is 2.16 bits per heavy atom. The summed E-state index contributed by atoms with van der Waals surface area (Å²) in [6.07, 6.45) is -2.71. The first-order valence-electron chi connectivity index (χ1n) is 4.85.